The Bertz CT molecular complexity index is 648. The Balaban J connectivity index is 0.00000261. The Labute approximate surface area is 163 Å². The zero-order chi connectivity index (χ0) is 18.5. The first-order valence-corrected chi connectivity index (χ1v) is 8.89. The van der Waals surface area contributed by atoms with Gasteiger partial charge in [-0.25, -0.2) is 0 Å². The molecule has 2 amide bonds. The van der Waals surface area contributed by atoms with Gasteiger partial charge >= 0.3 is 6.61 Å². The van der Waals surface area contributed by atoms with E-state index in [1.54, 1.807) is 21.9 Å². The highest BCUT2D eigenvalue weighted by molar-refractivity contribution is 5.97. The lowest BCUT2D eigenvalue weighted by molar-refractivity contribution is -0.133. The molecule has 27 heavy (non-hydrogen) atoms. The zero-order valence-corrected chi connectivity index (χ0v) is 15.7. The molecule has 1 aromatic rings. The molecule has 0 bridgehead atoms. The van der Waals surface area contributed by atoms with Crippen molar-refractivity contribution >= 4 is 24.2 Å². The number of nitrogens with zero attached hydrogens (tertiary/aromatic N) is 2. The van der Waals surface area contributed by atoms with E-state index < -0.39 is 6.61 Å². The number of hydrogen-bond acceptors (Lipinski definition) is 4. The molecule has 1 atom stereocenters. The maximum absolute atomic E-state index is 12.6. The second-order valence-corrected chi connectivity index (χ2v) is 6.55. The maximum atomic E-state index is 12.6. The highest BCUT2D eigenvalue weighted by Gasteiger charge is 2.28. The molecule has 1 aromatic carbocycles. The minimum absolute atomic E-state index is 0. The molecule has 2 heterocycles. The molecule has 2 fully saturated rings. The molecule has 0 aromatic heterocycles. The molecule has 0 spiro atoms. The molecule has 1 unspecified atom stereocenters. The fourth-order valence-corrected chi connectivity index (χ4v) is 3.44. The first-order chi connectivity index (χ1) is 12.5. The summed E-state index contributed by atoms with van der Waals surface area (Å²) in [5.74, 6) is -0.387. The summed E-state index contributed by atoms with van der Waals surface area (Å²) in [7, 11) is 0. The van der Waals surface area contributed by atoms with Gasteiger partial charge < -0.3 is 19.9 Å². The van der Waals surface area contributed by atoms with Gasteiger partial charge in [-0.2, -0.15) is 8.78 Å². The molecule has 6 nitrogen and oxygen atoms in total. The van der Waals surface area contributed by atoms with Gasteiger partial charge in [-0.15, -0.1) is 12.4 Å². The van der Waals surface area contributed by atoms with Crippen LogP contribution < -0.4 is 10.1 Å². The molecule has 3 rings (SSSR count). The van der Waals surface area contributed by atoms with Crippen molar-refractivity contribution in [3.63, 3.8) is 0 Å². The fraction of sp³-hybridized carbons (Fsp3) is 0.556. The lowest BCUT2D eigenvalue weighted by atomic mass is 10.1. The highest BCUT2D eigenvalue weighted by Crippen LogP contribution is 2.22. The van der Waals surface area contributed by atoms with Crippen molar-refractivity contribution in [2.45, 2.75) is 31.9 Å². The van der Waals surface area contributed by atoms with E-state index in [4.69, 9.17) is 0 Å². The van der Waals surface area contributed by atoms with Gasteiger partial charge in [-0.3, -0.25) is 9.59 Å². The van der Waals surface area contributed by atoms with Gasteiger partial charge in [-0.1, -0.05) is 12.1 Å². The van der Waals surface area contributed by atoms with Gasteiger partial charge in [-0.05, 0) is 31.5 Å². The van der Waals surface area contributed by atoms with Crippen molar-refractivity contribution in [1.29, 1.82) is 0 Å². The van der Waals surface area contributed by atoms with E-state index in [0.717, 1.165) is 19.4 Å². The maximum Gasteiger partial charge on any atom is 0.387 e. The summed E-state index contributed by atoms with van der Waals surface area (Å²) in [5, 5.41) is 3.31. The van der Waals surface area contributed by atoms with Gasteiger partial charge in [0.1, 0.15) is 5.75 Å². The first-order valence-electron chi connectivity index (χ1n) is 8.89. The molecule has 0 radical (unpaired) electrons. The zero-order valence-electron chi connectivity index (χ0n) is 14.9. The van der Waals surface area contributed by atoms with Crippen molar-refractivity contribution in [3.05, 3.63) is 29.8 Å². The van der Waals surface area contributed by atoms with Crippen LogP contribution in [0, 0.1) is 0 Å². The Hall–Kier alpha value is -1.93. The quantitative estimate of drug-likeness (QED) is 0.818. The minimum atomic E-state index is -2.98. The van der Waals surface area contributed by atoms with E-state index in [1.165, 1.54) is 12.1 Å². The summed E-state index contributed by atoms with van der Waals surface area (Å²) < 4.78 is 29.5. The Morgan fingerprint density at radius 3 is 2.44 bits per heavy atom. The Morgan fingerprint density at radius 2 is 1.81 bits per heavy atom. The third-order valence-corrected chi connectivity index (χ3v) is 4.84. The molecule has 2 saturated heterocycles. The lowest BCUT2D eigenvalue weighted by Crippen LogP contribution is -2.51. The Morgan fingerprint density at radius 1 is 1.15 bits per heavy atom. The smallest absolute Gasteiger partial charge is 0.387 e. The van der Waals surface area contributed by atoms with Crippen LogP contribution in [0.25, 0.3) is 0 Å². The van der Waals surface area contributed by atoms with Crippen LogP contribution in [0.4, 0.5) is 8.78 Å². The van der Waals surface area contributed by atoms with E-state index in [-0.39, 0.29) is 41.6 Å². The van der Waals surface area contributed by atoms with Crippen LogP contribution in [0.2, 0.25) is 0 Å². The van der Waals surface area contributed by atoms with E-state index in [1.807, 2.05) is 0 Å². The number of nitrogens with one attached hydrogen (secondary N) is 1. The number of ether oxygens (including phenoxy) is 1. The van der Waals surface area contributed by atoms with Gasteiger partial charge in [0.15, 0.2) is 0 Å². The molecule has 9 heteroatoms. The standard InChI is InChI=1S/C18H23F2N3O3.ClH/c19-18(20)26-15-6-2-1-5-14(15)17(25)23-10-8-22(9-11-23)16(24)12-13-4-3-7-21-13;/h1-2,5-6,13,18,21H,3-4,7-12H2;1H. The third-order valence-electron chi connectivity index (χ3n) is 4.84. The third kappa shape index (κ3) is 5.52. The molecule has 0 saturated carbocycles. The molecule has 0 aliphatic carbocycles. The normalized spacial score (nSPS) is 19.7. The summed E-state index contributed by atoms with van der Waals surface area (Å²) in [6.07, 6.45) is 2.60. The molecule has 2 aliphatic heterocycles. The Kier molecular flexibility index (Phi) is 7.79. The summed E-state index contributed by atoms with van der Waals surface area (Å²) in [6.45, 7) is -0.357. The molecule has 1 N–H and O–H groups in total. The van der Waals surface area contributed by atoms with Crippen LogP contribution in [-0.2, 0) is 4.79 Å². The number of halogens is 3. The summed E-state index contributed by atoms with van der Waals surface area (Å²) in [6, 6.07) is 6.24. The summed E-state index contributed by atoms with van der Waals surface area (Å²) in [4.78, 5) is 28.3. The number of hydrogen-bond donors (Lipinski definition) is 1. The monoisotopic (exact) mass is 403 g/mol. The number of piperazine rings is 1. The van der Waals surface area contributed by atoms with Crippen LogP contribution in [0.15, 0.2) is 24.3 Å². The number of carbonyl (C=O) groups excluding carboxylic acids is 2. The lowest BCUT2D eigenvalue weighted by Gasteiger charge is -2.35. The number of benzene rings is 1. The first kappa shape index (κ1) is 21.4. The highest BCUT2D eigenvalue weighted by atomic mass is 35.5. The van der Waals surface area contributed by atoms with Crippen LogP contribution in [0.5, 0.6) is 5.75 Å². The van der Waals surface area contributed by atoms with Crippen molar-refractivity contribution in [2.75, 3.05) is 32.7 Å². The second kappa shape index (κ2) is 9.85. The van der Waals surface area contributed by atoms with Crippen LogP contribution in [-0.4, -0.2) is 67.0 Å². The van der Waals surface area contributed by atoms with Crippen molar-refractivity contribution in [2.24, 2.45) is 0 Å². The van der Waals surface area contributed by atoms with E-state index in [0.29, 0.717) is 32.6 Å². The van der Waals surface area contributed by atoms with E-state index >= 15 is 0 Å². The predicted octanol–water partition coefficient (Wildman–Crippen LogP) is 2.14. The van der Waals surface area contributed by atoms with Crippen molar-refractivity contribution in [1.82, 2.24) is 15.1 Å². The van der Waals surface area contributed by atoms with E-state index in [9.17, 15) is 18.4 Å². The summed E-state index contributed by atoms with van der Waals surface area (Å²) >= 11 is 0. The molecular formula is C18H24ClF2N3O3. The van der Waals surface area contributed by atoms with Crippen LogP contribution in [0.3, 0.4) is 0 Å². The number of alkyl halides is 2. The fourth-order valence-electron chi connectivity index (χ4n) is 3.44. The number of carbonyl (C=O) groups is 2. The van der Waals surface area contributed by atoms with E-state index in [2.05, 4.69) is 10.1 Å². The van der Waals surface area contributed by atoms with Crippen LogP contribution >= 0.6 is 12.4 Å². The van der Waals surface area contributed by atoms with Crippen molar-refractivity contribution < 1.29 is 23.1 Å². The minimum Gasteiger partial charge on any atom is -0.434 e. The second-order valence-electron chi connectivity index (χ2n) is 6.55. The van der Waals surface area contributed by atoms with Crippen LogP contribution in [0.1, 0.15) is 29.6 Å². The molecular weight excluding hydrogens is 380 g/mol. The largest absolute Gasteiger partial charge is 0.434 e. The SMILES string of the molecule is Cl.O=C(CC1CCCN1)N1CCN(C(=O)c2ccccc2OC(F)F)CC1. The van der Waals surface area contributed by atoms with Crippen molar-refractivity contribution in [3.8, 4) is 5.75 Å². The number of rotatable bonds is 5. The van der Waals surface area contributed by atoms with Gasteiger partial charge in [0.2, 0.25) is 5.91 Å². The topological polar surface area (TPSA) is 61.9 Å². The summed E-state index contributed by atoms with van der Waals surface area (Å²) in [5.41, 5.74) is 0.114. The predicted molar refractivity (Wildman–Crippen MR) is 98.4 cm³/mol. The average Bonchev–Trinajstić information content (AvgIpc) is 3.14. The van der Waals surface area contributed by atoms with Gasteiger partial charge in [0, 0.05) is 38.6 Å². The van der Waals surface area contributed by atoms with Gasteiger partial charge in [0.25, 0.3) is 5.91 Å². The number of para-hydroxylation sites is 1. The van der Waals surface area contributed by atoms with Gasteiger partial charge in [0.05, 0.1) is 5.56 Å². The molecule has 2 aliphatic rings. The molecule has 150 valence electrons. The number of amides is 2. The average molecular weight is 404 g/mol.